The molecule has 1 aromatic rings. The van der Waals surface area contributed by atoms with Gasteiger partial charge in [-0.15, -0.1) is 0 Å². The van der Waals surface area contributed by atoms with Crippen LogP contribution in [0.2, 0.25) is 0 Å². The third kappa shape index (κ3) is 4.06. The lowest BCUT2D eigenvalue weighted by Gasteiger charge is -2.21. The van der Waals surface area contributed by atoms with Gasteiger partial charge in [0.1, 0.15) is 5.82 Å². The molecule has 2 unspecified atom stereocenters. The van der Waals surface area contributed by atoms with Crippen molar-refractivity contribution in [2.24, 2.45) is 5.73 Å². The number of hydrogen-bond acceptors (Lipinski definition) is 4. The van der Waals surface area contributed by atoms with Crippen LogP contribution in [0.25, 0.3) is 0 Å². The van der Waals surface area contributed by atoms with Gasteiger partial charge in [0, 0.05) is 31.5 Å². The lowest BCUT2D eigenvalue weighted by Crippen LogP contribution is -2.22. The summed E-state index contributed by atoms with van der Waals surface area (Å²) in [6.07, 6.45) is 9.31. The van der Waals surface area contributed by atoms with E-state index in [2.05, 4.69) is 9.97 Å². The second kappa shape index (κ2) is 6.07. The number of hydrogen-bond donors (Lipinski definition) is 1. The quantitative estimate of drug-likeness (QED) is 0.858. The fourth-order valence-corrected chi connectivity index (χ4v) is 2.14. The van der Waals surface area contributed by atoms with Gasteiger partial charge in [-0.2, -0.15) is 0 Å². The van der Waals surface area contributed by atoms with Crippen LogP contribution >= 0.6 is 0 Å². The highest BCUT2D eigenvalue weighted by Crippen LogP contribution is 2.15. The molecule has 2 N–H and O–H groups in total. The van der Waals surface area contributed by atoms with Gasteiger partial charge in [-0.25, -0.2) is 9.97 Å². The van der Waals surface area contributed by atoms with Crippen molar-refractivity contribution in [3.63, 3.8) is 0 Å². The van der Waals surface area contributed by atoms with Gasteiger partial charge < -0.3 is 10.5 Å². The average molecular weight is 235 g/mol. The van der Waals surface area contributed by atoms with E-state index in [-0.39, 0.29) is 6.04 Å². The van der Waals surface area contributed by atoms with Crippen LogP contribution < -0.4 is 5.73 Å². The molecule has 1 aromatic heterocycles. The second-order valence-corrected chi connectivity index (χ2v) is 4.88. The number of nitrogens with two attached hydrogens (primary N) is 1. The van der Waals surface area contributed by atoms with Crippen LogP contribution in [0.1, 0.15) is 37.6 Å². The van der Waals surface area contributed by atoms with E-state index in [9.17, 15) is 0 Å². The van der Waals surface area contributed by atoms with Gasteiger partial charge in [-0.05, 0) is 38.2 Å². The van der Waals surface area contributed by atoms with Crippen LogP contribution in [0.3, 0.4) is 0 Å². The van der Waals surface area contributed by atoms with E-state index in [1.165, 1.54) is 12.8 Å². The Labute approximate surface area is 103 Å². The highest BCUT2D eigenvalue weighted by molar-refractivity contribution is 5.07. The summed E-state index contributed by atoms with van der Waals surface area (Å²) >= 11 is 0. The molecular formula is C13H21N3O. The minimum absolute atomic E-state index is 0.158. The molecule has 4 nitrogen and oxygen atoms in total. The molecule has 0 spiro atoms. The molecule has 1 aliphatic rings. The van der Waals surface area contributed by atoms with E-state index in [1.807, 2.05) is 19.3 Å². The highest BCUT2D eigenvalue weighted by Gasteiger charge is 2.15. The zero-order valence-electron chi connectivity index (χ0n) is 10.4. The van der Waals surface area contributed by atoms with Gasteiger partial charge >= 0.3 is 0 Å². The predicted molar refractivity (Wildman–Crippen MR) is 66.7 cm³/mol. The molecule has 4 heteroatoms. The van der Waals surface area contributed by atoms with Crippen molar-refractivity contribution in [2.45, 2.75) is 51.2 Å². The van der Waals surface area contributed by atoms with Crippen molar-refractivity contribution in [1.82, 2.24) is 9.97 Å². The summed E-state index contributed by atoms with van der Waals surface area (Å²) in [4.78, 5) is 8.76. The summed E-state index contributed by atoms with van der Waals surface area (Å²) < 4.78 is 5.68. The number of aromatic nitrogens is 2. The molecule has 2 rings (SSSR count). The zero-order chi connectivity index (χ0) is 12.1. The summed E-state index contributed by atoms with van der Waals surface area (Å²) in [5.74, 6) is 0.880. The Hall–Kier alpha value is -1.00. The minimum Gasteiger partial charge on any atom is -0.378 e. The van der Waals surface area contributed by atoms with E-state index < -0.39 is 0 Å². The first kappa shape index (κ1) is 12.5. The molecule has 0 aromatic carbocycles. The Kier molecular flexibility index (Phi) is 4.45. The van der Waals surface area contributed by atoms with Crippen molar-refractivity contribution in [1.29, 1.82) is 0 Å². The molecule has 0 aliphatic carbocycles. The van der Waals surface area contributed by atoms with Crippen LogP contribution in [-0.4, -0.2) is 28.7 Å². The van der Waals surface area contributed by atoms with Crippen molar-refractivity contribution >= 4 is 0 Å². The Morgan fingerprint density at radius 1 is 1.41 bits per heavy atom. The third-order valence-electron chi connectivity index (χ3n) is 3.00. The fraction of sp³-hybridized carbons (Fsp3) is 0.692. The largest absolute Gasteiger partial charge is 0.378 e. The van der Waals surface area contributed by atoms with Crippen molar-refractivity contribution in [3.8, 4) is 0 Å². The minimum atomic E-state index is 0.158. The maximum absolute atomic E-state index is 5.74. The average Bonchev–Trinajstić information content (AvgIpc) is 2.32. The van der Waals surface area contributed by atoms with Gasteiger partial charge in [0.15, 0.2) is 0 Å². The lowest BCUT2D eigenvalue weighted by atomic mass is 10.1. The highest BCUT2D eigenvalue weighted by atomic mass is 16.5. The molecule has 17 heavy (non-hydrogen) atoms. The summed E-state index contributed by atoms with van der Waals surface area (Å²) in [7, 11) is 0. The first-order valence-electron chi connectivity index (χ1n) is 6.41. The van der Waals surface area contributed by atoms with Crippen LogP contribution in [0.5, 0.6) is 0 Å². The van der Waals surface area contributed by atoms with Gasteiger partial charge in [0.2, 0.25) is 0 Å². The molecule has 94 valence electrons. The molecule has 0 saturated carbocycles. The van der Waals surface area contributed by atoms with Crippen LogP contribution in [0, 0.1) is 0 Å². The smallest absolute Gasteiger partial charge is 0.130 e. The standard InChI is InChI=1S/C13H21N3O/c1-10(14)6-11-8-15-13(16-9-11)7-12-4-2-3-5-17-12/h8-10,12H,2-7,14H2,1H3. The molecule has 0 radical (unpaired) electrons. The number of rotatable bonds is 4. The first-order chi connectivity index (χ1) is 8.24. The summed E-state index contributed by atoms with van der Waals surface area (Å²) in [5, 5.41) is 0. The molecule has 1 saturated heterocycles. The van der Waals surface area contributed by atoms with E-state index >= 15 is 0 Å². The molecule has 0 amide bonds. The van der Waals surface area contributed by atoms with Crippen molar-refractivity contribution in [3.05, 3.63) is 23.8 Å². The number of ether oxygens (including phenoxy) is 1. The summed E-state index contributed by atoms with van der Waals surface area (Å²) in [5.41, 5.74) is 6.84. The lowest BCUT2D eigenvalue weighted by molar-refractivity contribution is 0.0156. The maximum Gasteiger partial charge on any atom is 0.130 e. The van der Waals surface area contributed by atoms with Gasteiger partial charge in [-0.3, -0.25) is 0 Å². The Bertz CT molecular complexity index is 331. The van der Waals surface area contributed by atoms with Crippen molar-refractivity contribution in [2.75, 3.05) is 6.61 Å². The van der Waals surface area contributed by atoms with E-state index in [1.54, 1.807) is 0 Å². The van der Waals surface area contributed by atoms with Gasteiger partial charge in [0.25, 0.3) is 0 Å². The SMILES string of the molecule is CC(N)Cc1cnc(CC2CCCCO2)nc1. The predicted octanol–water partition coefficient (Wildman–Crippen LogP) is 1.48. The topological polar surface area (TPSA) is 61.0 Å². The Morgan fingerprint density at radius 2 is 2.18 bits per heavy atom. The Balaban J connectivity index is 1.88. The second-order valence-electron chi connectivity index (χ2n) is 4.88. The van der Waals surface area contributed by atoms with Crippen LogP contribution in [-0.2, 0) is 17.6 Å². The Morgan fingerprint density at radius 3 is 2.76 bits per heavy atom. The maximum atomic E-state index is 5.74. The van der Waals surface area contributed by atoms with E-state index in [0.29, 0.717) is 6.10 Å². The molecular weight excluding hydrogens is 214 g/mol. The van der Waals surface area contributed by atoms with Gasteiger partial charge in [0.05, 0.1) is 6.10 Å². The van der Waals surface area contributed by atoms with Gasteiger partial charge in [-0.1, -0.05) is 0 Å². The number of nitrogens with zero attached hydrogens (tertiary/aromatic N) is 2. The summed E-state index contributed by atoms with van der Waals surface area (Å²) in [6, 6.07) is 0.158. The third-order valence-corrected chi connectivity index (χ3v) is 3.00. The first-order valence-corrected chi connectivity index (χ1v) is 6.41. The molecule has 0 bridgehead atoms. The summed E-state index contributed by atoms with van der Waals surface area (Å²) in [6.45, 7) is 2.87. The monoisotopic (exact) mass is 235 g/mol. The molecule has 2 heterocycles. The molecule has 1 aliphatic heterocycles. The normalized spacial score (nSPS) is 22.4. The fourth-order valence-electron chi connectivity index (χ4n) is 2.14. The van der Waals surface area contributed by atoms with Crippen molar-refractivity contribution < 1.29 is 4.74 Å². The zero-order valence-corrected chi connectivity index (χ0v) is 10.4. The van der Waals surface area contributed by atoms with Crippen LogP contribution in [0.15, 0.2) is 12.4 Å². The molecule has 2 atom stereocenters. The van der Waals surface area contributed by atoms with E-state index in [4.69, 9.17) is 10.5 Å². The van der Waals surface area contributed by atoms with E-state index in [0.717, 1.165) is 37.3 Å². The molecule has 1 fully saturated rings. The van der Waals surface area contributed by atoms with Crippen LogP contribution in [0.4, 0.5) is 0 Å².